The quantitative estimate of drug-likeness (QED) is 0.621. The smallest absolute Gasteiger partial charge is 0.233 e. The van der Waals surface area contributed by atoms with Gasteiger partial charge in [0.25, 0.3) is 0 Å². The summed E-state index contributed by atoms with van der Waals surface area (Å²) in [6.07, 6.45) is 0. The third kappa shape index (κ3) is 4.31. The molecule has 0 bridgehead atoms. The highest BCUT2D eigenvalue weighted by Crippen LogP contribution is 2.31. The first kappa shape index (κ1) is 17.9. The average molecular weight is 374 g/mol. The van der Waals surface area contributed by atoms with E-state index in [-0.39, 0.29) is 17.2 Å². The molecule has 1 amide bonds. The fourth-order valence-corrected chi connectivity index (χ4v) is 3.10. The van der Waals surface area contributed by atoms with E-state index < -0.39 is 0 Å². The number of halogens is 2. The van der Waals surface area contributed by atoms with Gasteiger partial charge in [0.05, 0.1) is 10.3 Å². The molecule has 0 aliphatic carbocycles. The van der Waals surface area contributed by atoms with E-state index in [0.29, 0.717) is 26.6 Å². The number of carbonyl (C=O) groups is 1. The maximum absolute atomic E-state index is 12.0. The maximum atomic E-state index is 12.0. The molecule has 1 aromatic heterocycles. The van der Waals surface area contributed by atoms with Crippen molar-refractivity contribution in [3.8, 4) is 11.4 Å². The van der Waals surface area contributed by atoms with Gasteiger partial charge < -0.3 is 11.2 Å². The van der Waals surface area contributed by atoms with Gasteiger partial charge in [-0.05, 0) is 39.0 Å². The largest absolute Gasteiger partial charge is 0.353 e. The lowest BCUT2D eigenvalue weighted by atomic mass is 10.2. The van der Waals surface area contributed by atoms with Crippen molar-refractivity contribution in [3.05, 3.63) is 28.2 Å². The van der Waals surface area contributed by atoms with E-state index in [4.69, 9.17) is 29.0 Å². The van der Waals surface area contributed by atoms with Gasteiger partial charge in [-0.15, -0.1) is 10.2 Å². The molecule has 9 heteroatoms. The molecule has 1 atom stereocenters. The molecule has 6 nitrogen and oxygen atoms in total. The summed E-state index contributed by atoms with van der Waals surface area (Å²) >= 11 is 13.3. The van der Waals surface area contributed by atoms with Gasteiger partial charge in [0.1, 0.15) is 0 Å². The number of nitrogen functional groups attached to an aromatic ring is 1. The number of hydrogen-bond donors (Lipinski definition) is 2. The van der Waals surface area contributed by atoms with Gasteiger partial charge >= 0.3 is 0 Å². The second kappa shape index (κ2) is 7.42. The van der Waals surface area contributed by atoms with Gasteiger partial charge in [-0.1, -0.05) is 35.0 Å². The number of nitrogens with two attached hydrogens (primary N) is 1. The Hall–Kier alpha value is -1.44. The van der Waals surface area contributed by atoms with Gasteiger partial charge in [0, 0.05) is 16.6 Å². The highest BCUT2D eigenvalue weighted by molar-refractivity contribution is 8.00. The number of benzene rings is 1. The number of rotatable bonds is 5. The van der Waals surface area contributed by atoms with Crippen molar-refractivity contribution in [1.29, 1.82) is 0 Å². The number of nitrogens with one attached hydrogen (secondary N) is 1. The SMILES string of the molecule is CC(C)NC(=O)[C@@H](C)Sc1nnc(-c2ccc(Cl)cc2Cl)n1N. The Morgan fingerprint density at radius 3 is 2.61 bits per heavy atom. The number of hydrogen-bond acceptors (Lipinski definition) is 5. The van der Waals surface area contributed by atoms with Crippen LogP contribution in [-0.2, 0) is 4.79 Å². The minimum absolute atomic E-state index is 0.0738. The number of nitrogens with zero attached hydrogens (tertiary/aromatic N) is 3. The molecule has 0 aliphatic rings. The first-order chi connectivity index (χ1) is 10.8. The summed E-state index contributed by atoms with van der Waals surface area (Å²) in [6.45, 7) is 5.59. The zero-order chi connectivity index (χ0) is 17.1. The molecule has 3 N–H and O–H groups in total. The number of amides is 1. The van der Waals surface area contributed by atoms with E-state index in [1.165, 1.54) is 16.4 Å². The van der Waals surface area contributed by atoms with Crippen molar-refractivity contribution in [2.45, 2.75) is 37.2 Å². The Balaban J connectivity index is 2.21. The lowest BCUT2D eigenvalue weighted by Crippen LogP contribution is -2.36. The van der Waals surface area contributed by atoms with Crippen molar-refractivity contribution in [3.63, 3.8) is 0 Å². The standard InChI is InChI=1S/C14H17Cl2N5OS/c1-7(2)18-13(22)8(3)23-14-20-19-12(21(14)17)10-5-4-9(15)6-11(10)16/h4-8H,17H2,1-3H3,(H,18,22)/t8-/m1/s1. The predicted molar refractivity (Wildman–Crippen MR) is 94.2 cm³/mol. The fraction of sp³-hybridized carbons (Fsp3) is 0.357. The molecule has 1 heterocycles. The van der Waals surface area contributed by atoms with Crippen LogP contribution in [0.4, 0.5) is 0 Å². The minimum Gasteiger partial charge on any atom is -0.353 e. The first-order valence-corrected chi connectivity index (χ1v) is 8.56. The highest BCUT2D eigenvalue weighted by Gasteiger charge is 2.21. The molecule has 0 radical (unpaired) electrons. The molecule has 1 aromatic carbocycles. The molecular formula is C14H17Cl2N5OS. The van der Waals surface area contributed by atoms with Crippen LogP contribution in [0.3, 0.4) is 0 Å². The van der Waals surface area contributed by atoms with E-state index in [2.05, 4.69) is 15.5 Å². The van der Waals surface area contributed by atoms with Gasteiger partial charge in [0.15, 0.2) is 5.82 Å². The molecule has 2 aromatic rings. The molecule has 23 heavy (non-hydrogen) atoms. The number of carbonyl (C=O) groups excluding carboxylic acids is 1. The molecule has 0 spiro atoms. The molecule has 2 rings (SSSR count). The van der Waals surface area contributed by atoms with Crippen molar-refractivity contribution < 1.29 is 4.79 Å². The van der Waals surface area contributed by atoms with Crippen LogP contribution >= 0.6 is 35.0 Å². The zero-order valence-electron chi connectivity index (χ0n) is 12.9. The van der Waals surface area contributed by atoms with Crippen LogP contribution in [0.2, 0.25) is 10.0 Å². The van der Waals surface area contributed by atoms with Crippen LogP contribution in [-0.4, -0.2) is 32.1 Å². The van der Waals surface area contributed by atoms with E-state index in [0.717, 1.165) is 0 Å². The van der Waals surface area contributed by atoms with Gasteiger partial charge in [0.2, 0.25) is 11.1 Å². The summed E-state index contributed by atoms with van der Waals surface area (Å²) in [7, 11) is 0. The second-order valence-corrected chi connectivity index (χ2v) is 7.38. The van der Waals surface area contributed by atoms with Crippen molar-refractivity contribution in [1.82, 2.24) is 20.2 Å². The topological polar surface area (TPSA) is 85.8 Å². The Labute approximate surface area is 148 Å². The Bertz CT molecular complexity index is 719. The maximum Gasteiger partial charge on any atom is 0.233 e. The van der Waals surface area contributed by atoms with Crippen LogP contribution in [0, 0.1) is 0 Å². The van der Waals surface area contributed by atoms with Crippen LogP contribution in [0.5, 0.6) is 0 Å². The summed E-state index contributed by atoms with van der Waals surface area (Å²) in [5.41, 5.74) is 0.622. The predicted octanol–water partition coefficient (Wildman–Crippen LogP) is 2.97. The van der Waals surface area contributed by atoms with Crippen LogP contribution in [0.15, 0.2) is 23.4 Å². The lowest BCUT2D eigenvalue weighted by Gasteiger charge is -2.13. The first-order valence-electron chi connectivity index (χ1n) is 6.92. The van der Waals surface area contributed by atoms with Crippen molar-refractivity contribution in [2.24, 2.45) is 0 Å². The van der Waals surface area contributed by atoms with Crippen molar-refractivity contribution in [2.75, 3.05) is 5.84 Å². The summed E-state index contributed by atoms with van der Waals surface area (Å²) in [5.74, 6) is 6.36. The summed E-state index contributed by atoms with van der Waals surface area (Å²) in [6, 6.07) is 5.10. The normalized spacial score (nSPS) is 12.4. The highest BCUT2D eigenvalue weighted by atomic mass is 35.5. The fourth-order valence-electron chi connectivity index (χ4n) is 1.83. The Kier molecular flexibility index (Phi) is 5.78. The van der Waals surface area contributed by atoms with Gasteiger partial charge in [-0.3, -0.25) is 4.79 Å². The summed E-state index contributed by atoms with van der Waals surface area (Å²) in [5, 5.41) is 12.0. The van der Waals surface area contributed by atoms with Crippen LogP contribution in [0.1, 0.15) is 20.8 Å². The molecular weight excluding hydrogens is 357 g/mol. The third-order valence-corrected chi connectivity index (χ3v) is 4.52. The van der Waals surface area contributed by atoms with Gasteiger partial charge in [-0.25, -0.2) is 4.68 Å². The zero-order valence-corrected chi connectivity index (χ0v) is 15.2. The Morgan fingerprint density at radius 1 is 1.30 bits per heavy atom. The monoisotopic (exact) mass is 373 g/mol. The van der Waals surface area contributed by atoms with E-state index in [1.54, 1.807) is 25.1 Å². The van der Waals surface area contributed by atoms with E-state index in [9.17, 15) is 4.79 Å². The van der Waals surface area contributed by atoms with E-state index >= 15 is 0 Å². The van der Waals surface area contributed by atoms with Crippen LogP contribution < -0.4 is 11.2 Å². The molecule has 0 saturated heterocycles. The van der Waals surface area contributed by atoms with Gasteiger partial charge in [-0.2, -0.15) is 0 Å². The molecule has 124 valence electrons. The Morgan fingerprint density at radius 2 is 2.00 bits per heavy atom. The van der Waals surface area contributed by atoms with Crippen LogP contribution in [0.25, 0.3) is 11.4 Å². The minimum atomic E-state index is -0.350. The molecule has 0 saturated carbocycles. The second-order valence-electron chi connectivity index (χ2n) is 5.22. The molecule has 0 aliphatic heterocycles. The van der Waals surface area contributed by atoms with E-state index in [1.807, 2.05) is 13.8 Å². The lowest BCUT2D eigenvalue weighted by molar-refractivity contribution is -0.120. The molecule has 0 unspecified atom stereocenters. The third-order valence-electron chi connectivity index (χ3n) is 2.92. The average Bonchev–Trinajstić information content (AvgIpc) is 2.79. The van der Waals surface area contributed by atoms with Crippen molar-refractivity contribution >= 4 is 40.9 Å². The number of thioether (sulfide) groups is 1. The number of aromatic nitrogens is 3. The summed E-state index contributed by atoms with van der Waals surface area (Å²) in [4.78, 5) is 12.0. The molecule has 0 fully saturated rings. The summed E-state index contributed by atoms with van der Waals surface area (Å²) < 4.78 is 1.32.